The molecular formula is C15H24O10. The van der Waals surface area contributed by atoms with Crippen LogP contribution in [0.15, 0.2) is 0 Å². The predicted molar refractivity (Wildman–Crippen MR) is 80.7 cm³/mol. The van der Waals surface area contributed by atoms with Crippen molar-refractivity contribution in [3.63, 3.8) is 0 Å². The number of carbonyl (C=O) groups excluding carboxylic acids is 3. The Hall–Kier alpha value is -1.75. The number of ether oxygens (including phenoxy) is 7. The molecule has 1 aliphatic rings. The van der Waals surface area contributed by atoms with Crippen molar-refractivity contribution in [3.8, 4) is 0 Å². The van der Waals surface area contributed by atoms with Gasteiger partial charge in [-0.25, -0.2) is 9.59 Å². The van der Waals surface area contributed by atoms with Gasteiger partial charge in [0.15, 0.2) is 6.10 Å². The van der Waals surface area contributed by atoms with E-state index in [1.165, 1.54) is 28.3 Å². The molecule has 0 aromatic heterocycles. The summed E-state index contributed by atoms with van der Waals surface area (Å²) in [5.41, 5.74) is 0. The van der Waals surface area contributed by atoms with Crippen LogP contribution in [0.4, 0.5) is 0 Å². The first-order chi connectivity index (χ1) is 11.9. The molecule has 0 N–H and O–H groups in total. The minimum atomic E-state index is -0.890. The zero-order valence-electron chi connectivity index (χ0n) is 14.7. The molecule has 1 rings (SSSR count). The van der Waals surface area contributed by atoms with E-state index in [4.69, 9.17) is 23.7 Å². The first kappa shape index (κ1) is 21.3. The van der Waals surface area contributed by atoms with E-state index < -0.39 is 42.3 Å². The number of methoxy groups -OCH3 is 3. The lowest BCUT2D eigenvalue weighted by Gasteiger charge is -2.41. The van der Waals surface area contributed by atoms with E-state index >= 15 is 0 Å². The number of hydrogen-bond donors (Lipinski definition) is 0. The number of hydrogen-bond acceptors (Lipinski definition) is 10. The van der Waals surface area contributed by atoms with Gasteiger partial charge in [0.2, 0.25) is 0 Å². The fourth-order valence-corrected chi connectivity index (χ4v) is 2.28. The lowest BCUT2D eigenvalue weighted by atomic mass is 9.99. The Labute approximate surface area is 145 Å². The van der Waals surface area contributed by atoms with Crippen LogP contribution in [0.25, 0.3) is 0 Å². The van der Waals surface area contributed by atoms with Crippen LogP contribution in [-0.2, 0) is 47.5 Å². The minimum absolute atomic E-state index is 0.0502. The maximum Gasteiger partial charge on any atom is 0.331 e. The van der Waals surface area contributed by atoms with Crippen molar-refractivity contribution in [1.29, 1.82) is 0 Å². The zero-order valence-corrected chi connectivity index (χ0v) is 14.7. The van der Waals surface area contributed by atoms with Gasteiger partial charge < -0.3 is 33.2 Å². The van der Waals surface area contributed by atoms with E-state index in [1.807, 2.05) is 0 Å². The van der Waals surface area contributed by atoms with Crippen LogP contribution < -0.4 is 0 Å². The van der Waals surface area contributed by atoms with Crippen LogP contribution >= 0.6 is 0 Å². The predicted octanol–water partition coefficient (Wildman–Crippen LogP) is -0.920. The number of carbonyl (C=O) groups is 3. The van der Waals surface area contributed by atoms with Crippen LogP contribution in [0.5, 0.6) is 0 Å². The van der Waals surface area contributed by atoms with Gasteiger partial charge >= 0.3 is 17.9 Å². The van der Waals surface area contributed by atoms with Crippen molar-refractivity contribution in [2.75, 3.05) is 47.8 Å². The summed E-state index contributed by atoms with van der Waals surface area (Å²) in [4.78, 5) is 34.1. The monoisotopic (exact) mass is 364 g/mol. The second kappa shape index (κ2) is 11.0. The average molecular weight is 364 g/mol. The Balaban J connectivity index is 2.90. The summed E-state index contributed by atoms with van der Waals surface area (Å²) < 4.78 is 36.0. The van der Waals surface area contributed by atoms with Gasteiger partial charge in [-0.05, 0) is 0 Å². The molecule has 25 heavy (non-hydrogen) atoms. The summed E-state index contributed by atoms with van der Waals surface area (Å²) in [6.07, 6.45) is -3.13. The van der Waals surface area contributed by atoms with Crippen LogP contribution in [0.2, 0.25) is 0 Å². The molecule has 0 unspecified atom stereocenters. The van der Waals surface area contributed by atoms with Gasteiger partial charge in [-0.15, -0.1) is 0 Å². The summed E-state index contributed by atoms with van der Waals surface area (Å²) in [5, 5.41) is 0. The Morgan fingerprint density at radius 3 is 2.08 bits per heavy atom. The molecule has 1 heterocycles. The third kappa shape index (κ3) is 6.94. The van der Waals surface area contributed by atoms with Crippen LogP contribution in [0, 0.1) is 0 Å². The molecule has 0 amide bonds. The summed E-state index contributed by atoms with van der Waals surface area (Å²) in [5.74, 6) is -1.76. The molecule has 0 aromatic carbocycles. The zero-order chi connectivity index (χ0) is 18.8. The van der Waals surface area contributed by atoms with Gasteiger partial charge in [-0.2, -0.15) is 0 Å². The maximum atomic E-state index is 11.4. The Morgan fingerprint density at radius 1 is 0.960 bits per heavy atom. The SMILES string of the molecule is COC[C@H]1OC[C@H](OCC(=O)OC)[C@@H](OCC(=O)OC)[C@@H]1OC(C)=O. The summed E-state index contributed by atoms with van der Waals surface area (Å²) in [6.45, 7) is 0.704. The van der Waals surface area contributed by atoms with Gasteiger partial charge in [-0.3, -0.25) is 4.79 Å². The largest absolute Gasteiger partial charge is 0.467 e. The lowest BCUT2D eigenvalue weighted by Crippen LogP contribution is -2.58. The van der Waals surface area contributed by atoms with E-state index in [0.717, 1.165) is 0 Å². The van der Waals surface area contributed by atoms with Gasteiger partial charge in [0.05, 0.1) is 27.4 Å². The highest BCUT2D eigenvalue weighted by atomic mass is 16.6. The molecule has 0 bridgehead atoms. The molecule has 1 aliphatic heterocycles. The van der Waals surface area contributed by atoms with Gasteiger partial charge in [0, 0.05) is 14.0 Å². The molecule has 4 atom stereocenters. The van der Waals surface area contributed by atoms with Crippen LogP contribution in [0.3, 0.4) is 0 Å². The fourth-order valence-electron chi connectivity index (χ4n) is 2.28. The standard InChI is InChI=1S/C15H24O10/c1-9(16)25-15-10(5-19-2)22-6-11(23-7-12(17)20-3)14(15)24-8-13(18)21-4/h10-11,14-15H,5-8H2,1-4H3/t10-,11+,14-,15-/m1/s1. The maximum absolute atomic E-state index is 11.4. The van der Waals surface area contributed by atoms with Crippen molar-refractivity contribution in [2.45, 2.75) is 31.3 Å². The Kier molecular flexibility index (Phi) is 9.35. The van der Waals surface area contributed by atoms with Crippen molar-refractivity contribution in [3.05, 3.63) is 0 Å². The highest BCUT2D eigenvalue weighted by Gasteiger charge is 2.44. The number of esters is 3. The Morgan fingerprint density at radius 2 is 1.56 bits per heavy atom. The summed E-state index contributed by atoms with van der Waals surface area (Å²) in [7, 11) is 3.92. The molecule has 144 valence electrons. The highest BCUT2D eigenvalue weighted by molar-refractivity contribution is 5.71. The molecule has 1 fully saturated rings. The van der Waals surface area contributed by atoms with E-state index in [9.17, 15) is 14.4 Å². The molecule has 10 heteroatoms. The van der Waals surface area contributed by atoms with E-state index in [1.54, 1.807) is 0 Å². The second-order valence-corrected chi connectivity index (χ2v) is 5.18. The van der Waals surface area contributed by atoms with Crippen molar-refractivity contribution < 1.29 is 47.5 Å². The third-order valence-electron chi connectivity index (χ3n) is 3.43. The molecule has 10 nitrogen and oxygen atoms in total. The smallest absolute Gasteiger partial charge is 0.331 e. The van der Waals surface area contributed by atoms with Crippen molar-refractivity contribution in [2.24, 2.45) is 0 Å². The normalized spacial score (nSPS) is 25.9. The van der Waals surface area contributed by atoms with E-state index in [2.05, 4.69) is 9.47 Å². The first-order valence-electron chi connectivity index (χ1n) is 7.57. The highest BCUT2D eigenvalue weighted by Crippen LogP contribution is 2.24. The first-order valence-corrected chi connectivity index (χ1v) is 7.57. The molecule has 0 aromatic rings. The number of rotatable bonds is 9. The van der Waals surface area contributed by atoms with Gasteiger partial charge in [0.25, 0.3) is 0 Å². The van der Waals surface area contributed by atoms with E-state index in [-0.39, 0.29) is 26.4 Å². The molecule has 0 aliphatic carbocycles. The molecule has 1 saturated heterocycles. The topological polar surface area (TPSA) is 116 Å². The fraction of sp³-hybridized carbons (Fsp3) is 0.800. The van der Waals surface area contributed by atoms with Crippen LogP contribution in [-0.4, -0.2) is 90.1 Å². The summed E-state index contributed by atoms with van der Waals surface area (Å²) >= 11 is 0. The van der Waals surface area contributed by atoms with Gasteiger partial charge in [0.1, 0.15) is 31.5 Å². The average Bonchev–Trinajstić information content (AvgIpc) is 2.59. The Bertz CT molecular complexity index is 452. The molecular weight excluding hydrogens is 340 g/mol. The van der Waals surface area contributed by atoms with Crippen molar-refractivity contribution >= 4 is 17.9 Å². The molecule has 0 saturated carbocycles. The third-order valence-corrected chi connectivity index (χ3v) is 3.43. The lowest BCUT2D eigenvalue weighted by molar-refractivity contribution is -0.236. The summed E-state index contributed by atoms with van der Waals surface area (Å²) in [6, 6.07) is 0. The second-order valence-electron chi connectivity index (χ2n) is 5.18. The quantitative estimate of drug-likeness (QED) is 0.376. The molecule has 0 radical (unpaired) electrons. The van der Waals surface area contributed by atoms with Crippen molar-refractivity contribution in [1.82, 2.24) is 0 Å². The van der Waals surface area contributed by atoms with E-state index in [0.29, 0.717) is 0 Å². The minimum Gasteiger partial charge on any atom is -0.467 e. The van der Waals surface area contributed by atoms with Gasteiger partial charge in [-0.1, -0.05) is 0 Å². The molecule has 0 spiro atoms. The van der Waals surface area contributed by atoms with Crippen LogP contribution in [0.1, 0.15) is 6.92 Å².